The quantitative estimate of drug-likeness (QED) is 0.520. The molecular weight excluding hydrogens is 248 g/mol. The predicted molar refractivity (Wildman–Crippen MR) is 83.5 cm³/mol. The van der Waals surface area contributed by atoms with Crippen molar-refractivity contribution >= 4 is 5.97 Å². The van der Waals surface area contributed by atoms with Crippen molar-refractivity contribution in [3.63, 3.8) is 0 Å². The van der Waals surface area contributed by atoms with E-state index in [0.717, 1.165) is 18.4 Å². The summed E-state index contributed by atoms with van der Waals surface area (Å²) in [4.78, 5) is 11.6. The summed E-state index contributed by atoms with van der Waals surface area (Å²) >= 11 is 0. The van der Waals surface area contributed by atoms with Crippen molar-refractivity contribution in [2.24, 2.45) is 5.92 Å². The van der Waals surface area contributed by atoms with Crippen LogP contribution in [0.4, 0.5) is 0 Å². The van der Waals surface area contributed by atoms with Gasteiger partial charge < -0.3 is 4.74 Å². The van der Waals surface area contributed by atoms with Crippen molar-refractivity contribution in [2.45, 2.75) is 33.1 Å². The number of hydrogen-bond acceptors (Lipinski definition) is 2. The number of carbonyl (C=O) groups is 1. The first-order chi connectivity index (χ1) is 9.61. The predicted octanol–water partition coefficient (Wildman–Crippen LogP) is 4.32. The van der Waals surface area contributed by atoms with E-state index in [1.807, 2.05) is 42.5 Å². The van der Waals surface area contributed by atoms with Gasteiger partial charge in [0.2, 0.25) is 0 Å². The molecule has 108 valence electrons. The highest BCUT2D eigenvalue weighted by atomic mass is 16.5. The molecular formula is C18H24O2. The molecule has 2 heteroatoms. The summed E-state index contributed by atoms with van der Waals surface area (Å²) in [5.41, 5.74) is 2.24. The van der Waals surface area contributed by atoms with Gasteiger partial charge in [0, 0.05) is 0 Å². The lowest BCUT2D eigenvalue weighted by Crippen LogP contribution is -2.08. The number of hydrogen-bond donors (Lipinski definition) is 0. The number of benzene rings is 1. The molecule has 2 nitrogen and oxygen atoms in total. The Hall–Kier alpha value is -1.83. The number of allylic oxidation sites excluding steroid dienone is 2. The van der Waals surface area contributed by atoms with Gasteiger partial charge in [-0.05, 0) is 37.3 Å². The van der Waals surface area contributed by atoms with E-state index >= 15 is 0 Å². The van der Waals surface area contributed by atoms with E-state index in [9.17, 15) is 4.79 Å². The molecule has 0 aliphatic carbocycles. The van der Waals surface area contributed by atoms with E-state index in [1.165, 1.54) is 5.57 Å². The Morgan fingerprint density at radius 2 is 2.05 bits per heavy atom. The lowest BCUT2D eigenvalue weighted by atomic mass is 10.0. The summed E-state index contributed by atoms with van der Waals surface area (Å²) in [6, 6.07) is 9.64. The molecule has 0 saturated heterocycles. The van der Waals surface area contributed by atoms with E-state index in [-0.39, 0.29) is 5.97 Å². The first-order valence-corrected chi connectivity index (χ1v) is 7.09. The minimum absolute atomic E-state index is 0.181. The molecule has 0 amide bonds. The summed E-state index contributed by atoms with van der Waals surface area (Å²) in [7, 11) is 0. The maximum atomic E-state index is 11.6. The monoisotopic (exact) mass is 272 g/mol. The minimum atomic E-state index is -0.181. The Morgan fingerprint density at radius 1 is 1.35 bits per heavy atom. The third kappa shape index (κ3) is 6.93. The maximum absolute atomic E-state index is 11.6. The largest absolute Gasteiger partial charge is 0.461 e. The molecule has 0 spiro atoms. The molecule has 0 heterocycles. The van der Waals surface area contributed by atoms with Gasteiger partial charge in [-0.2, -0.15) is 0 Å². The van der Waals surface area contributed by atoms with Gasteiger partial charge in [-0.3, -0.25) is 4.79 Å². The second-order valence-electron chi connectivity index (χ2n) is 5.15. The fourth-order valence-electron chi connectivity index (χ4n) is 1.77. The van der Waals surface area contributed by atoms with Crippen LogP contribution < -0.4 is 0 Å². The summed E-state index contributed by atoms with van der Waals surface area (Å²) in [5.74, 6) is 0.346. The number of rotatable bonds is 8. The van der Waals surface area contributed by atoms with Gasteiger partial charge >= 0.3 is 5.97 Å². The molecule has 0 fully saturated rings. The Labute approximate surface area is 122 Å². The van der Waals surface area contributed by atoms with Gasteiger partial charge in [0.1, 0.15) is 6.61 Å². The molecule has 20 heavy (non-hydrogen) atoms. The van der Waals surface area contributed by atoms with E-state index in [4.69, 9.17) is 4.74 Å². The second-order valence-corrected chi connectivity index (χ2v) is 5.15. The molecule has 0 N–H and O–H groups in total. The molecule has 0 bridgehead atoms. The van der Waals surface area contributed by atoms with Crippen molar-refractivity contribution in [3.05, 3.63) is 60.2 Å². The number of ether oxygens (including phenoxy) is 1. The molecule has 1 aromatic rings. The van der Waals surface area contributed by atoms with Crippen LogP contribution in [0.3, 0.4) is 0 Å². The van der Waals surface area contributed by atoms with Crippen LogP contribution >= 0.6 is 0 Å². The first kappa shape index (κ1) is 16.2. The summed E-state index contributed by atoms with van der Waals surface area (Å²) in [6.45, 7) is 8.36. The highest BCUT2D eigenvalue weighted by molar-refractivity contribution is 5.72. The molecule has 0 saturated carbocycles. The topological polar surface area (TPSA) is 26.3 Å². The minimum Gasteiger partial charge on any atom is -0.461 e. The van der Waals surface area contributed by atoms with Crippen LogP contribution in [0.2, 0.25) is 0 Å². The van der Waals surface area contributed by atoms with Gasteiger partial charge in [0.25, 0.3) is 0 Å². The molecule has 1 aromatic carbocycles. The van der Waals surface area contributed by atoms with E-state index in [0.29, 0.717) is 18.9 Å². The van der Waals surface area contributed by atoms with Gasteiger partial charge in [-0.1, -0.05) is 48.9 Å². The van der Waals surface area contributed by atoms with E-state index in [2.05, 4.69) is 20.4 Å². The van der Waals surface area contributed by atoms with Gasteiger partial charge in [-0.15, -0.1) is 6.58 Å². The lowest BCUT2D eigenvalue weighted by molar-refractivity contribution is -0.141. The Kier molecular flexibility index (Phi) is 7.41. The third-order valence-electron chi connectivity index (χ3n) is 3.26. The van der Waals surface area contributed by atoms with Crippen molar-refractivity contribution in [1.29, 1.82) is 0 Å². The molecule has 1 rings (SSSR count). The van der Waals surface area contributed by atoms with Crippen LogP contribution in [0.25, 0.3) is 0 Å². The fraction of sp³-hybridized carbons (Fsp3) is 0.389. The molecule has 0 radical (unpaired) electrons. The molecule has 0 aromatic heterocycles. The Balaban J connectivity index is 2.25. The zero-order valence-electron chi connectivity index (χ0n) is 12.5. The van der Waals surface area contributed by atoms with Crippen LogP contribution in [-0.4, -0.2) is 12.6 Å². The van der Waals surface area contributed by atoms with Crippen LogP contribution in [0.1, 0.15) is 32.3 Å². The van der Waals surface area contributed by atoms with E-state index in [1.54, 1.807) is 0 Å². The van der Waals surface area contributed by atoms with E-state index < -0.39 is 0 Å². The van der Waals surface area contributed by atoms with Gasteiger partial charge in [-0.25, -0.2) is 0 Å². The van der Waals surface area contributed by atoms with Crippen molar-refractivity contribution in [1.82, 2.24) is 0 Å². The average Bonchev–Trinajstić information content (AvgIpc) is 2.45. The van der Waals surface area contributed by atoms with Crippen LogP contribution in [-0.2, 0) is 16.0 Å². The summed E-state index contributed by atoms with van der Waals surface area (Å²) in [5, 5.41) is 0. The summed E-state index contributed by atoms with van der Waals surface area (Å²) in [6.07, 6.45) is 6.39. The third-order valence-corrected chi connectivity index (χ3v) is 3.26. The van der Waals surface area contributed by atoms with Crippen molar-refractivity contribution in [2.75, 3.05) is 6.61 Å². The SMILES string of the molecule is C=CC(C)CC/C(C)=C/COC(=O)Cc1ccccc1. The van der Waals surface area contributed by atoms with Crippen LogP contribution in [0.15, 0.2) is 54.6 Å². The van der Waals surface area contributed by atoms with Crippen LogP contribution in [0, 0.1) is 5.92 Å². The normalized spacial score (nSPS) is 12.8. The average molecular weight is 272 g/mol. The summed E-state index contributed by atoms with van der Waals surface area (Å²) < 4.78 is 5.21. The molecule has 1 atom stereocenters. The molecule has 0 aliphatic rings. The van der Waals surface area contributed by atoms with Crippen molar-refractivity contribution in [3.8, 4) is 0 Å². The maximum Gasteiger partial charge on any atom is 0.310 e. The second kappa shape index (κ2) is 9.13. The lowest BCUT2D eigenvalue weighted by Gasteiger charge is -2.06. The molecule has 1 unspecified atom stereocenters. The Morgan fingerprint density at radius 3 is 2.70 bits per heavy atom. The highest BCUT2D eigenvalue weighted by Gasteiger charge is 2.03. The van der Waals surface area contributed by atoms with Gasteiger partial charge in [0.15, 0.2) is 0 Å². The standard InChI is InChI=1S/C18H24O2/c1-4-15(2)10-11-16(3)12-13-20-18(19)14-17-8-6-5-7-9-17/h4-9,12,15H,1,10-11,13-14H2,2-3H3/b16-12+. The first-order valence-electron chi connectivity index (χ1n) is 7.09. The zero-order chi connectivity index (χ0) is 14.8. The zero-order valence-corrected chi connectivity index (χ0v) is 12.5. The van der Waals surface area contributed by atoms with Gasteiger partial charge in [0.05, 0.1) is 6.42 Å². The molecule has 0 aliphatic heterocycles. The van der Waals surface area contributed by atoms with Crippen molar-refractivity contribution < 1.29 is 9.53 Å². The Bertz CT molecular complexity index is 446. The van der Waals surface area contributed by atoms with Crippen LogP contribution in [0.5, 0.6) is 0 Å². The number of esters is 1. The number of carbonyl (C=O) groups excluding carboxylic acids is 1. The smallest absolute Gasteiger partial charge is 0.310 e. The fourth-order valence-corrected chi connectivity index (χ4v) is 1.77. The highest BCUT2D eigenvalue weighted by Crippen LogP contribution is 2.12.